The molecular weight excluding hydrogens is 160 g/mol. The molecule has 0 N–H and O–H groups in total. The van der Waals surface area contributed by atoms with Gasteiger partial charge in [-0.2, -0.15) is 0 Å². The van der Waals surface area contributed by atoms with Crippen LogP contribution >= 0.6 is 0 Å². The van der Waals surface area contributed by atoms with Crippen LogP contribution in [0.2, 0.25) is 0 Å². The smallest absolute Gasteiger partial charge is 0.136 e. The zero-order chi connectivity index (χ0) is 9.52. The van der Waals surface area contributed by atoms with Crippen molar-refractivity contribution in [3.05, 3.63) is 12.2 Å². The molecule has 1 aliphatic rings. The van der Waals surface area contributed by atoms with E-state index in [1.807, 2.05) is 13.0 Å². The van der Waals surface area contributed by atoms with Crippen molar-refractivity contribution < 1.29 is 4.79 Å². The molecule has 1 aliphatic carbocycles. The van der Waals surface area contributed by atoms with Gasteiger partial charge in [0.25, 0.3) is 0 Å². The molecule has 0 amide bonds. The monoisotopic (exact) mass is 180 g/mol. The maximum absolute atomic E-state index is 11.6. The second kappa shape index (κ2) is 5.95. The van der Waals surface area contributed by atoms with Crippen LogP contribution in [-0.2, 0) is 4.79 Å². The van der Waals surface area contributed by atoms with Gasteiger partial charge in [-0.3, -0.25) is 4.79 Å². The van der Waals surface area contributed by atoms with Gasteiger partial charge in [-0.05, 0) is 26.2 Å². The minimum Gasteiger partial charge on any atom is -0.299 e. The summed E-state index contributed by atoms with van der Waals surface area (Å²) >= 11 is 0. The normalized spacial score (nSPS) is 25.9. The molecule has 1 unspecified atom stereocenters. The Balaban J connectivity index is 2.41. The van der Waals surface area contributed by atoms with E-state index >= 15 is 0 Å². The predicted molar refractivity (Wildman–Crippen MR) is 55.6 cm³/mol. The molecule has 0 radical (unpaired) electrons. The average Bonchev–Trinajstić information content (AvgIpc) is 2.11. The van der Waals surface area contributed by atoms with Crippen molar-refractivity contribution in [2.24, 2.45) is 5.92 Å². The van der Waals surface area contributed by atoms with Gasteiger partial charge in [-0.15, -0.1) is 0 Å². The van der Waals surface area contributed by atoms with Gasteiger partial charge in [0.2, 0.25) is 0 Å². The van der Waals surface area contributed by atoms with Crippen LogP contribution in [0.5, 0.6) is 0 Å². The van der Waals surface area contributed by atoms with Gasteiger partial charge in [0.1, 0.15) is 5.78 Å². The zero-order valence-corrected chi connectivity index (χ0v) is 8.59. The molecule has 0 heterocycles. The number of rotatable bonds is 2. The van der Waals surface area contributed by atoms with Crippen molar-refractivity contribution in [1.82, 2.24) is 0 Å². The van der Waals surface area contributed by atoms with E-state index in [2.05, 4.69) is 6.08 Å². The number of Topliss-reactive ketones (excluding diaryl/α,β-unsaturated/α-hetero) is 1. The largest absolute Gasteiger partial charge is 0.299 e. The summed E-state index contributed by atoms with van der Waals surface area (Å²) in [7, 11) is 0. The first-order chi connectivity index (χ1) is 6.34. The maximum atomic E-state index is 11.6. The van der Waals surface area contributed by atoms with Crippen molar-refractivity contribution in [2.45, 2.75) is 51.9 Å². The van der Waals surface area contributed by atoms with Crippen LogP contribution in [-0.4, -0.2) is 5.78 Å². The number of ketones is 1. The second-order valence-corrected chi connectivity index (χ2v) is 3.92. The fourth-order valence-electron chi connectivity index (χ4n) is 1.96. The minimum atomic E-state index is 0.330. The molecule has 0 aromatic heterocycles. The molecule has 0 spiro atoms. The topological polar surface area (TPSA) is 17.1 Å². The summed E-state index contributed by atoms with van der Waals surface area (Å²) in [6.45, 7) is 2.02. The van der Waals surface area contributed by atoms with Crippen LogP contribution in [0.4, 0.5) is 0 Å². The molecule has 0 aromatic rings. The molecule has 13 heavy (non-hydrogen) atoms. The van der Waals surface area contributed by atoms with Gasteiger partial charge in [0.15, 0.2) is 0 Å². The summed E-state index contributed by atoms with van der Waals surface area (Å²) in [6.07, 6.45) is 12.0. The molecule has 1 rings (SSSR count). The predicted octanol–water partition coefficient (Wildman–Crippen LogP) is 3.49. The summed E-state index contributed by atoms with van der Waals surface area (Å²) in [5.41, 5.74) is 0. The first-order valence-corrected chi connectivity index (χ1v) is 5.48. The van der Waals surface area contributed by atoms with E-state index in [0.717, 1.165) is 25.7 Å². The number of hydrogen-bond donors (Lipinski definition) is 0. The van der Waals surface area contributed by atoms with E-state index in [0.29, 0.717) is 11.7 Å². The van der Waals surface area contributed by atoms with Gasteiger partial charge in [0, 0.05) is 12.3 Å². The molecule has 1 heteroatoms. The lowest BCUT2D eigenvalue weighted by molar-refractivity contribution is -0.123. The third-order valence-corrected chi connectivity index (χ3v) is 2.84. The highest BCUT2D eigenvalue weighted by Gasteiger charge is 2.17. The molecule has 1 fully saturated rings. The number of hydrogen-bond acceptors (Lipinski definition) is 1. The highest BCUT2D eigenvalue weighted by Crippen LogP contribution is 2.22. The summed E-state index contributed by atoms with van der Waals surface area (Å²) in [4.78, 5) is 11.6. The highest BCUT2D eigenvalue weighted by molar-refractivity contribution is 5.81. The Bertz CT molecular complexity index is 182. The Morgan fingerprint density at radius 1 is 1.31 bits per heavy atom. The van der Waals surface area contributed by atoms with E-state index in [9.17, 15) is 4.79 Å². The molecule has 0 aromatic carbocycles. The Kier molecular flexibility index (Phi) is 4.81. The number of carbonyl (C=O) groups excluding carboxylic acids is 1. The second-order valence-electron chi connectivity index (χ2n) is 3.92. The maximum Gasteiger partial charge on any atom is 0.136 e. The highest BCUT2D eigenvalue weighted by atomic mass is 16.1. The van der Waals surface area contributed by atoms with Crippen LogP contribution < -0.4 is 0 Å². The van der Waals surface area contributed by atoms with E-state index in [1.165, 1.54) is 19.3 Å². The first kappa shape index (κ1) is 10.5. The van der Waals surface area contributed by atoms with E-state index in [4.69, 9.17) is 0 Å². The quantitative estimate of drug-likeness (QED) is 0.594. The Morgan fingerprint density at radius 3 is 2.85 bits per heavy atom. The van der Waals surface area contributed by atoms with Crippen LogP contribution in [0.15, 0.2) is 12.2 Å². The molecule has 1 saturated carbocycles. The zero-order valence-electron chi connectivity index (χ0n) is 8.59. The Labute approximate surface area is 81.2 Å². The van der Waals surface area contributed by atoms with Gasteiger partial charge >= 0.3 is 0 Å². The summed E-state index contributed by atoms with van der Waals surface area (Å²) in [5.74, 6) is 0.828. The summed E-state index contributed by atoms with van der Waals surface area (Å²) in [6, 6.07) is 0. The van der Waals surface area contributed by atoms with Crippen molar-refractivity contribution in [3.8, 4) is 0 Å². The van der Waals surface area contributed by atoms with E-state index in [-0.39, 0.29) is 0 Å². The van der Waals surface area contributed by atoms with Crippen molar-refractivity contribution in [3.63, 3.8) is 0 Å². The van der Waals surface area contributed by atoms with Gasteiger partial charge in [-0.1, -0.05) is 31.4 Å². The first-order valence-electron chi connectivity index (χ1n) is 5.48. The van der Waals surface area contributed by atoms with Gasteiger partial charge < -0.3 is 0 Å². The Hall–Kier alpha value is -0.590. The number of carbonyl (C=O) groups is 1. The van der Waals surface area contributed by atoms with Crippen LogP contribution in [0, 0.1) is 5.92 Å². The van der Waals surface area contributed by atoms with Gasteiger partial charge in [0.05, 0.1) is 0 Å². The third kappa shape index (κ3) is 3.75. The van der Waals surface area contributed by atoms with Gasteiger partial charge in [-0.25, -0.2) is 0 Å². The SMILES string of the molecule is CC=CCC1CCCCCCC1=O. The lowest BCUT2D eigenvalue weighted by atomic mass is 9.88. The minimum absolute atomic E-state index is 0.330. The van der Waals surface area contributed by atoms with Crippen LogP contribution in [0.25, 0.3) is 0 Å². The molecule has 0 aliphatic heterocycles. The lowest BCUT2D eigenvalue weighted by Gasteiger charge is -2.16. The average molecular weight is 180 g/mol. The fourth-order valence-corrected chi connectivity index (χ4v) is 1.96. The molecular formula is C12H20O. The van der Waals surface area contributed by atoms with E-state index < -0.39 is 0 Å². The van der Waals surface area contributed by atoms with Crippen LogP contribution in [0.3, 0.4) is 0 Å². The number of allylic oxidation sites excluding steroid dienone is 2. The summed E-state index contributed by atoms with van der Waals surface area (Å²) in [5, 5.41) is 0. The molecule has 0 saturated heterocycles. The molecule has 74 valence electrons. The van der Waals surface area contributed by atoms with Crippen LogP contribution in [0.1, 0.15) is 51.9 Å². The Morgan fingerprint density at radius 2 is 2.08 bits per heavy atom. The van der Waals surface area contributed by atoms with E-state index in [1.54, 1.807) is 0 Å². The third-order valence-electron chi connectivity index (χ3n) is 2.84. The molecule has 1 nitrogen and oxygen atoms in total. The standard InChI is InChI=1S/C12H20O/c1-2-3-8-11-9-6-4-5-7-10-12(11)13/h2-3,11H,4-10H2,1H3. The fraction of sp³-hybridized carbons (Fsp3) is 0.750. The van der Waals surface area contributed by atoms with Crippen molar-refractivity contribution >= 4 is 5.78 Å². The lowest BCUT2D eigenvalue weighted by Crippen LogP contribution is -2.15. The van der Waals surface area contributed by atoms with Crippen molar-refractivity contribution in [1.29, 1.82) is 0 Å². The summed E-state index contributed by atoms with van der Waals surface area (Å²) < 4.78 is 0. The molecule has 1 atom stereocenters. The van der Waals surface area contributed by atoms with Crippen molar-refractivity contribution in [2.75, 3.05) is 0 Å². The molecule has 0 bridgehead atoms.